The van der Waals surface area contributed by atoms with Crippen LogP contribution in [0.1, 0.15) is 69.7 Å². The van der Waals surface area contributed by atoms with E-state index in [2.05, 4.69) is 90.1 Å². The van der Waals surface area contributed by atoms with E-state index in [9.17, 15) is 0 Å². The van der Waals surface area contributed by atoms with Crippen molar-refractivity contribution in [2.45, 2.75) is 59.8 Å². The molecular formula is C25H30. The van der Waals surface area contributed by atoms with E-state index in [-0.39, 0.29) is 5.41 Å². The second-order valence-electron chi connectivity index (χ2n) is 7.96. The molecule has 2 aromatic carbocycles. The smallest absolute Gasteiger partial charge is 0.0159 e. The van der Waals surface area contributed by atoms with Gasteiger partial charge in [-0.3, -0.25) is 0 Å². The van der Waals surface area contributed by atoms with Gasteiger partial charge in [-0.15, -0.1) is 0 Å². The van der Waals surface area contributed by atoms with E-state index in [1.54, 1.807) is 0 Å². The lowest BCUT2D eigenvalue weighted by molar-refractivity contribution is 0.659. The molecule has 1 aliphatic rings. The maximum Gasteiger partial charge on any atom is 0.0159 e. The zero-order chi connectivity index (χ0) is 18.2. The van der Waals surface area contributed by atoms with Crippen LogP contribution in [0.2, 0.25) is 0 Å². The molecule has 1 aliphatic carbocycles. The molecule has 0 bridgehead atoms. The minimum absolute atomic E-state index is 0.0751. The Bertz CT molecular complexity index is 860. The molecule has 130 valence electrons. The molecule has 0 radical (unpaired) electrons. The Labute approximate surface area is 153 Å². The first-order valence-electron chi connectivity index (χ1n) is 9.43. The van der Waals surface area contributed by atoms with Crippen LogP contribution in [0, 0.1) is 6.92 Å². The Balaban J connectivity index is 1.98. The molecule has 0 saturated heterocycles. The van der Waals surface area contributed by atoms with Crippen LogP contribution in [-0.2, 0) is 5.41 Å². The molecule has 0 unspecified atom stereocenters. The highest BCUT2D eigenvalue weighted by Crippen LogP contribution is 2.49. The maximum atomic E-state index is 2.41. The van der Waals surface area contributed by atoms with Crippen molar-refractivity contribution in [3.05, 3.63) is 76.4 Å². The van der Waals surface area contributed by atoms with Gasteiger partial charge in [-0.1, -0.05) is 74.4 Å². The number of benzene rings is 2. The lowest BCUT2D eigenvalue weighted by atomic mass is 9.81. The van der Waals surface area contributed by atoms with Gasteiger partial charge in [0.15, 0.2) is 0 Å². The number of hydrogen-bond acceptors (Lipinski definition) is 0. The summed E-state index contributed by atoms with van der Waals surface area (Å²) < 4.78 is 0. The first kappa shape index (κ1) is 17.7. The predicted molar refractivity (Wildman–Crippen MR) is 111 cm³/mol. The zero-order valence-electron chi connectivity index (χ0n) is 16.5. The second-order valence-corrected chi connectivity index (χ2v) is 7.96. The number of allylic oxidation sites excluding steroid dienone is 4. The van der Waals surface area contributed by atoms with E-state index in [0.29, 0.717) is 0 Å². The summed E-state index contributed by atoms with van der Waals surface area (Å²) in [6.45, 7) is 13.5. The van der Waals surface area contributed by atoms with Crippen LogP contribution < -0.4 is 0 Å². The maximum absolute atomic E-state index is 2.41. The highest BCUT2D eigenvalue weighted by atomic mass is 14.4. The minimum Gasteiger partial charge on any atom is -0.0818 e. The number of fused-ring (bicyclic) bond motifs is 3. The molecular weight excluding hydrogens is 300 g/mol. The monoisotopic (exact) mass is 330 g/mol. The Kier molecular flexibility index (Phi) is 4.73. The van der Waals surface area contributed by atoms with Crippen molar-refractivity contribution in [3.8, 4) is 11.1 Å². The van der Waals surface area contributed by atoms with E-state index in [1.807, 2.05) is 0 Å². The largest absolute Gasteiger partial charge is 0.0818 e. The van der Waals surface area contributed by atoms with Gasteiger partial charge in [0.05, 0.1) is 0 Å². The van der Waals surface area contributed by atoms with Gasteiger partial charge in [0.25, 0.3) is 0 Å². The van der Waals surface area contributed by atoms with Crippen LogP contribution in [0.15, 0.2) is 54.1 Å². The van der Waals surface area contributed by atoms with Gasteiger partial charge < -0.3 is 0 Å². The number of aryl methyl sites for hydroxylation is 1. The van der Waals surface area contributed by atoms with Crippen molar-refractivity contribution in [3.63, 3.8) is 0 Å². The van der Waals surface area contributed by atoms with Crippen LogP contribution in [0.5, 0.6) is 0 Å². The van der Waals surface area contributed by atoms with Crippen molar-refractivity contribution >= 4 is 5.57 Å². The van der Waals surface area contributed by atoms with Crippen molar-refractivity contribution < 1.29 is 0 Å². The van der Waals surface area contributed by atoms with Crippen LogP contribution >= 0.6 is 0 Å². The zero-order valence-corrected chi connectivity index (χ0v) is 16.5. The number of hydrogen-bond donors (Lipinski definition) is 0. The SMILES string of the molecule is CC/C(C)=C\C/C=C(\C)c1ccc2c(c1)C(C)(C)c1cc(C)ccc1-2. The van der Waals surface area contributed by atoms with Crippen LogP contribution in [-0.4, -0.2) is 0 Å². The summed E-state index contributed by atoms with van der Waals surface area (Å²) in [4.78, 5) is 0. The van der Waals surface area contributed by atoms with Gasteiger partial charge in [-0.2, -0.15) is 0 Å². The summed E-state index contributed by atoms with van der Waals surface area (Å²) in [7, 11) is 0. The lowest BCUT2D eigenvalue weighted by Crippen LogP contribution is -2.15. The van der Waals surface area contributed by atoms with E-state index in [0.717, 1.165) is 12.8 Å². The Morgan fingerprint density at radius 2 is 1.56 bits per heavy atom. The second kappa shape index (κ2) is 6.67. The molecule has 3 rings (SSSR count). The molecule has 0 aliphatic heterocycles. The minimum atomic E-state index is 0.0751. The van der Waals surface area contributed by atoms with E-state index < -0.39 is 0 Å². The third kappa shape index (κ3) is 3.23. The van der Waals surface area contributed by atoms with Crippen LogP contribution in [0.3, 0.4) is 0 Å². The fraction of sp³-hybridized carbons (Fsp3) is 0.360. The summed E-state index contributed by atoms with van der Waals surface area (Å²) in [5.41, 5.74) is 11.3. The quantitative estimate of drug-likeness (QED) is 0.511. The molecule has 0 fully saturated rings. The molecule has 0 amide bonds. The molecule has 0 saturated carbocycles. The standard InChI is InChI=1S/C25H30/c1-7-17(2)9-8-10-19(4)20-12-14-22-21-13-11-18(3)15-23(21)25(5,6)24(22)16-20/h9-16H,7-8H2,1-6H3/b17-9-,19-10+. The highest BCUT2D eigenvalue weighted by Gasteiger charge is 2.35. The van der Waals surface area contributed by atoms with Crippen LogP contribution in [0.4, 0.5) is 0 Å². The van der Waals surface area contributed by atoms with Gasteiger partial charge in [-0.05, 0) is 73.1 Å². The summed E-state index contributed by atoms with van der Waals surface area (Å²) in [6.07, 6.45) is 6.84. The third-order valence-corrected chi connectivity index (χ3v) is 5.73. The summed E-state index contributed by atoms with van der Waals surface area (Å²) in [6, 6.07) is 13.9. The molecule has 0 nitrogen and oxygen atoms in total. The first-order valence-corrected chi connectivity index (χ1v) is 9.43. The third-order valence-electron chi connectivity index (χ3n) is 5.73. The van der Waals surface area contributed by atoms with E-state index in [4.69, 9.17) is 0 Å². The van der Waals surface area contributed by atoms with Gasteiger partial charge in [-0.25, -0.2) is 0 Å². The van der Waals surface area contributed by atoms with Crippen molar-refractivity contribution in [2.75, 3.05) is 0 Å². The Hall–Kier alpha value is -2.08. The normalized spacial score (nSPS) is 15.9. The van der Waals surface area contributed by atoms with Gasteiger partial charge in [0, 0.05) is 5.41 Å². The van der Waals surface area contributed by atoms with Crippen LogP contribution in [0.25, 0.3) is 16.7 Å². The fourth-order valence-corrected chi connectivity index (χ4v) is 3.80. The van der Waals surface area contributed by atoms with E-state index in [1.165, 1.54) is 44.5 Å². The van der Waals surface area contributed by atoms with E-state index >= 15 is 0 Å². The van der Waals surface area contributed by atoms with Crippen molar-refractivity contribution in [1.82, 2.24) is 0 Å². The Morgan fingerprint density at radius 1 is 0.920 bits per heavy atom. The molecule has 0 spiro atoms. The number of rotatable bonds is 4. The average molecular weight is 331 g/mol. The van der Waals surface area contributed by atoms with Crippen molar-refractivity contribution in [1.29, 1.82) is 0 Å². The predicted octanol–water partition coefficient (Wildman–Crippen LogP) is 7.45. The highest BCUT2D eigenvalue weighted by molar-refractivity contribution is 5.83. The molecule has 0 heteroatoms. The molecule has 2 aromatic rings. The summed E-state index contributed by atoms with van der Waals surface area (Å²) >= 11 is 0. The van der Waals surface area contributed by atoms with Gasteiger partial charge >= 0.3 is 0 Å². The van der Waals surface area contributed by atoms with Gasteiger partial charge in [0.2, 0.25) is 0 Å². The fourth-order valence-electron chi connectivity index (χ4n) is 3.80. The molecule has 25 heavy (non-hydrogen) atoms. The average Bonchev–Trinajstić information content (AvgIpc) is 2.81. The first-order chi connectivity index (χ1) is 11.8. The van der Waals surface area contributed by atoms with Crippen molar-refractivity contribution in [2.24, 2.45) is 0 Å². The molecule has 0 atom stereocenters. The van der Waals surface area contributed by atoms with Gasteiger partial charge in [0.1, 0.15) is 0 Å². The molecule has 0 heterocycles. The topological polar surface area (TPSA) is 0 Å². The summed E-state index contributed by atoms with van der Waals surface area (Å²) in [5.74, 6) is 0. The Morgan fingerprint density at radius 3 is 2.24 bits per heavy atom. The molecule has 0 N–H and O–H groups in total. The molecule has 0 aromatic heterocycles. The lowest BCUT2D eigenvalue weighted by Gasteiger charge is -2.22. The summed E-state index contributed by atoms with van der Waals surface area (Å²) in [5, 5.41) is 0.